The highest BCUT2D eigenvalue weighted by Gasteiger charge is 2.61. The van der Waals surface area contributed by atoms with Crippen LogP contribution in [0.5, 0.6) is 0 Å². The summed E-state index contributed by atoms with van der Waals surface area (Å²) in [5.41, 5.74) is 1.78. The minimum absolute atomic E-state index is 0.113. The van der Waals surface area contributed by atoms with E-state index in [1.165, 1.54) is 5.57 Å². The van der Waals surface area contributed by atoms with Gasteiger partial charge in [0.1, 0.15) is 0 Å². The van der Waals surface area contributed by atoms with Gasteiger partial charge < -0.3 is 9.84 Å². The van der Waals surface area contributed by atoms with Gasteiger partial charge in [0.15, 0.2) is 18.2 Å². The number of fused-ring (bicyclic) bond motifs is 5. The molecule has 0 amide bonds. The van der Waals surface area contributed by atoms with Crippen LogP contribution in [-0.4, -0.2) is 35.4 Å². The Morgan fingerprint density at radius 1 is 1.12 bits per heavy atom. The second-order valence-corrected chi connectivity index (χ2v) is 10.8. The molecule has 5 rings (SSSR count). The molecule has 4 aliphatic carbocycles. The van der Waals surface area contributed by atoms with Gasteiger partial charge in [-0.2, -0.15) is 0 Å². The SMILES string of the molecule is C[C@@]12C[C@@H](O)[C@@H]3[C@H](CCC4=CC(=O)CC[C@]43C)[C@H]1CC=C2C(=O)COC(=O)c1ccccc1. The number of carbonyl (C=O) groups excluding carboxylic acids is 3. The van der Waals surface area contributed by atoms with Crippen molar-refractivity contribution >= 4 is 17.5 Å². The summed E-state index contributed by atoms with van der Waals surface area (Å²) in [7, 11) is 0. The minimum atomic E-state index is -0.528. The maximum absolute atomic E-state index is 13.2. The van der Waals surface area contributed by atoms with Gasteiger partial charge in [0.05, 0.1) is 11.7 Å². The van der Waals surface area contributed by atoms with Gasteiger partial charge in [-0.1, -0.05) is 43.7 Å². The molecule has 0 spiro atoms. The number of hydrogen-bond donors (Lipinski definition) is 1. The number of Topliss-reactive ketones (excluding diaryl/α,β-unsaturated/α-hetero) is 1. The lowest BCUT2D eigenvalue weighted by Crippen LogP contribution is -2.56. The fraction of sp³-hybridized carbons (Fsp3) is 0.536. The number of aliphatic hydroxyl groups excluding tert-OH is 1. The standard InChI is InChI=1S/C28H32O5/c1-27-13-12-19(29)14-18(27)8-9-20-21-10-11-22(28(21,2)15-23(30)25(20)27)24(31)16-33-26(32)17-6-4-3-5-7-17/h3-7,11,14,20-21,23,25,30H,8-10,12-13,15-16H2,1-2H3/t20-,21-,23-,25+,27-,28-/m1/s1. The van der Waals surface area contributed by atoms with Crippen molar-refractivity contribution < 1.29 is 24.2 Å². The van der Waals surface area contributed by atoms with Crippen molar-refractivity contribution in [3.05, 3.63) is 59.2 Å². The first kappa shape index (κ1) is 22.3. The van der Waals surface area contributed by atoms with E-state index in [0.29, 0.717) is 29.9 Å². The number of benzene rings is 1. The zero-order chi connectivity index (χ0) is 23.4. The summed E-state index contributed by atoms with van der Waals surface area (Å²) in [5, 5.41) is 11.4. The molecule has 1 aromatic carbocycles. The van der Waals surface area contributed by atoms with Crippen molar-refractivity contribution in [2.45, 2.75) is 58.5 Å². The third kappa shape index (κ3) is 3.52. The summed E-state index contributed by atoms with van der Waals surface area (Å²) in [6.07, 6.45) is 7.85. The Morgan fingerprint density at radius 2 is 1.88 bits per heavy atom. The van der Waals surface area contributed by atoms with Crippen LogP contribution < -0.4 is 0 Å². The van der Waals surface area contributed by atoms with Crippen molar-refractivity contribution in [3.8, 4) is 0 Å². The largest absolute Gasteiger partial charge is 0.454 e. The first-order valence-corrected chi connectivity index (χ1v) is 12.1. The van der Waals surface area contributed by atoms with Crippen LogP contribution in [0.1, 0.15) is 62.7 Å². The molecule has 0 aliphatic heterocycles. The third-order valence-corrected chi connectivity index (χ3v) is 9.12. The molecule has 2 fully saturated rings. The average Bonchev–Trinajstić information content (AvgIpc) is 3.14. The van der Waals surface area contributed by atoms with Gasteiger partial charge >= 0.3 is 5.97 Å². The number of carbonyl (C=O) groups is 3. The zero-order valence-electron chi connectivity index (χ0n) is 19.4. The predicted octanol–water partition coefficient (Wildman–Crippen LogP) is 4.45. The van der Waals surface area contributed by atoms with Crippen molar-refractivity contribution in [1.82, 2.24) is 0 Å². The third-order valence-electron chi connectivity index (χ3n) is 9.12. The lowest BCUT2D eigenvalue weighted by atomic mass is 9.46. The minimum Gasteiger partial charge on any atom is -0.454 e. The van der Waals surface area contributed by atoms with Gasteiger partial charge in [0.25, 0.3) is 0 Å². The van der Waals surface area contributed by atoms with Gasteiger partial charge in [-0.15, -0.1) is 0 Å². The molecule has 0 aromatic heterocycles. The quantitative estimate of drug-likeness (QED) is 0.689. The molecule has 0 unspecified atom stereocenters. The second kappa shape index (κ2) is 8.05. The van der Waals surface area contributed by atoms with Gasteiger partial charge in [-0.3, -0.25) is 9.59 Å². The normalized spacial score (nSPS) is 37.2. The summed E-state index contributed by atoms with van der Waals surface area (Å²) >= 11 is 0. The molecule has 6 atom stereocenters. The monoisotopic (exact) mass is 448 g/mol. The number of allylic oxidation sites excluding steroid dienone is 3. The van der Waals surface area contributed by atoms with Crippen molar-refractivity contribution in [3.63, 3.8) is 0 Å². The highest BCUT2D eigenvalue weighted by Crippen LogP contribution is 2.65. The van der Waals surface area contributed by atoms with Crippen LogP contribution in [0.15, 0.2) is 53.6 Å². The Kier molecular flexibility index (Phi) is 5.43. The molecule has 5 nitrogen and oxygen atoms in total. The van der Waals surface area contributed by atoms with Gasteiger partial charge in [0, 0.05) is 17.4 Å². The van der Waals surface area contributed by atoms with Crippen LogP contribution in [0.25, 0.3) is 0 Å². The fourth-order valence-corrected chi connectivity index (χ4v) is 7.56. The molecule has 5 heteroatoms. The summed E-state index contributed by atoms with van der Waals surface area (Å²) < 4.78 is 5.33. The Bertz CT molecular complexity index is 1050. The van der Waals surface area contributed by atoms with E-state index in [-0.39, 0.29) is 35.4 Å². The molecule has 1 N–H and O–H groups in total. The molecule has 2 saturated carbocycles. The van der Waals surface area contributed by atoms with Crippen LogP contribution in [0.3, 0.4) is 0 Å². The molecule has 174 valence electrons. The van der Waals surface area contributed by atoms with E-state index >= 15 is 0 Å². The summed E-state index contributed by atoms with van der Waals surface area (Å²) in [5.74, 6) is 0.243. The Balaban J connectivity index is 1.33. The predicted molar refractivity (Wildman–Crippen MR) is 123 cm³/mol. The molecule has 0 saturated heterocycles. The Labute approximate surface area is 194 Å². The van der Waals surface area contributed by atoms with Crippen molar-refractivity contribution in [1.29, 1.82) is 0 Å². The zero-order valence-corrected chi connectivity index (χ0v) is 19.4. The number of rotatable bonds is 4. The summed E-state index contributed by atoms with van der Waals surface area (Å²) in [6, 6.07) is 8.68. The molecule has 4 aliphatic rings. The Hall–Kier alpha value is -2.53. The number of ether oxygens (including phenoxy) is 1. The summed E-state index contributed by atoms with van der Waals surface area (Å²) in [4.78, 5) is 37.5. The summed E-state index contributed by atoms with van der Waals surface area (Å²) in [6.45, 7) is 4.05. The van der Waals surface area contributed by atoms with E-state index in [2.05, 4.69) is 13.8 Å². The van der Waals surface area contributed by atoms with E-state index < -0.39 is 17.5 Å². The van der Waals surface area contributed by atoms with E-state index in [0.717, 1.165) is 25.7 Å². The molecular formula is C28H32O5. The Morgan fingerprint density at radius 3 is 2.64 bits per heavy atom. The maximum atomic E-state index is 13.2. The first-order chi connectivity index (χ1) is 15.7. The lowest BCUT2D eigenvalue weighted by Gasteiger charge is -2.59. The maximum Gasteiger partial charge on any atom is 0.338 e. The molecule has 0 radical (unpaired) electrons. The highest BCUT2D eigenvalue weighted by atomic mass is 16.5. The average molecular weight is 449 g/mol. The van der Waals surface area contributed by atoms with Gasteiger partial charge in [-0.25, -0.2) is 4.79 Å². The molecule has 0 heterocycles. The van der Waals surface area contributed by atoms with Crippen LogP contribution in [0.2, 0.25) is 0 Å². The molecule has 33 heavy (non-hydrogen) atoms. The number of aliphatic hydroxyl groups is 1. The number of esters is 1. The van der Waals surface area contributed by atoms with Crippen molar-refractivity contribution in [2.24, 2.45) is 28.6 Å². The lowest BCUT2D eigenvalue weighted by molar-refractivity contribution is -0.130. The van der Waals surface area contributed by atoms with Crippen LogP contribution in [0, 0.1) is 28.6 Å². The molecule has 0 bridgehead atoms. The fourth-order valence-electron chi connectivity index (χ4n) is 7.56. The first-order valence-electron chi connectivity index (χ1n) is 12.1. The van der Waals surface area contributed by atoms with Crippen molar-refractivity contribution in [2.75, 3.05) is 6.61 Å². The van der Waals surface area contributed by atoms with E-state index in [9.17, 15) is 19.5 Å². The number of ketones is 2. The van der Waals surface area contributed by atoms with Crippen LogP contribution in [-0.2, 0) is 14.3 Å². The number of hydrogen-bond acceptors (Lipinski definition) is 5. The molecule has 1 aromatic rings. The van der Waals surface area contributed by atoms with E-state index in [1.54, 1.807) is 24.3 Å². The topological polar surface area (TPSA) is 80.7 Å². The smallest absolute Gasteiger partial charge is 0.338 e. The van der Waals surface area contributed by atoms with Crippen LogP contribution in [0.4, 0.5) is 0 Å². The van der Waals surface area contributed by atoms with Crippen LogP contribution >= 0.6 is 0 Å². The second-order valence-electron chi connectivity index (χ2n) is 10.8. The van der Waals surface area contributed by atoms with Gasteiger partial charge in [0.2, 0.25) is 0 Å². The van der Waals surface area contributed by atoms with Gasteiger partial charge in [-0.05, 0) is 73.5 Å². The molecular weight excluding hydrogens is 416 g/mol. The highest BCUT2D eigenvalue weighted by molar-refractivity contribution is 6.00. The van der Waals surface area contributed by atoms with E-state index in [4.69, 9.17) is 4.74 Å². The van der Waals surface area contributed by atoms with E-state index in [1.807, 2.05) is 18.2 Å².